The summed E-state index contributed by atoms with van der Waals surface area (Å²) in [5, 5.41) is 4.88. The van der Waals surface area contributed by atoms with Gasteiger partial charge in [-0.2, -0.15) is 0 Å². The molecule has 0 spiro atoms. The van der Waals surface area contributed by atoms with Crippen molar-refractivity contribution in [2.75, 3.05) is 19.0 Å². The number of aromatic nitrogens is 3. The van der Waals surface area contributed by atoms with Crippen molar-refractivity contribution in [1.29, 1.82) is 0 Å². The Kier molecular flexibility index (Phi) is 5.80. The van der Waals surface area contributed by atoms with Crippen molar-refractivity contribution >= 4 is 27.4 Å². The number of rotatable bonds is 7. The van der Waals surface area contributed by atoms with Crippen molar-refractivity contribution in [3.05, 3.63) is 64.8 Å². The molecule has 6 heteroatoms. The third kappa shape index (κ3) is 4.26. The van der Waals surface area contributed by atoms with Crippen LogP contribution in [-0.4, -0.2) is 28.6 Å². The van der Waals surface area contributed by atoms with Gasteiger partial charge in [0.25, 0.3) is 0 Å². The van der Waals surface area contributed by atoms with Crippen molar-refractivity contribution in [3.63, 3.8) is 0 Å². The summed E-state index contributed by atoms with van der Waals surface area (Å²) >= 11 is 1.84. The summed E-state index contributed by atoms with van der Waals surface area (Å²) in [5.41, 5.74) is 3.75. The molecule has 4 aromatic rings. The van der Waals surface area contributed by atoms with E-state index in [0.29, 0.717) is 0 Å². The lowest BCUT2D eigenvalue weighted by Crippen LogP contribution is -2.08. The van der Waals surface area contributed by atoms with E-state index in [0.717, 1.165) is 60.0 Å². The van der Waals surface area contributed by atoms with Crippen LogP contribution in [0.4, 0.5) is 5.82 Å². The molecular formula is C25H26N4OS. The first kappa shape index (κ1) is 19.9. The van der Waals surface area contributed by atoms with Gasteiger partial charge in [-0.3, -0.25) is 4.98 Å². The molecule has 5 rings (SSSR count). The smallest absolute Gasteiger partial charge is 0.163 e. The Hall–Kier alpha value is -2.99. The number of pyridine rings is 1. The highest BCUT2D eigenvalue weighted by Gasteiger charge is 2.21. The minimum absolute atomic E-state index is 0.767. The van der Waals surface area contributed by atoms with E-state index in [4.69, 9.17) is 14.7 Å². The fraction of sp³-hybridized carbons (Fsp3) is 0.320. The molecule has 1 N–H and O–H groups in total. The summed E-state index contributed by atoms with van der Waals surface area (Å²) in [7, 11) is 1.71. The molecule has 31 heavy (non-hydrogen) atoms. The third-order valence-corrected chi connectivity index (χ3v) is 7.01. The molecule has 0 saturated heterocycles. The van der Waals surface area contributed by atoms with E-state index in [1.54, 1.807) is 19.5 Å². The maximum atomic E-state index is 5.34. The second-order valence-corrected chi connectivity index (χ2v) is 8.99. The molecule has 0 bridgehead atoms. The Labute approximate surface area is 186 Å². The van der Waals surface area contributed by atoms with E-state index in [1.165, 1.54) is 34.2 Å². The number of hydrogen-bond acceptors (Lipinski definition) is 6. The van der Waals surface area contributed by atoms with E-state index in [1.807, 2.05) is 35.6 Å². The first-order chi connectivity index (χ1) is 15.3. The lowest BCUT2D eigenvalue weighted by Gasteiger charge is -2.13. The predicted octanol–water partition coefficient (Wildman–Crippen LogP) is 5.69. The molecule has 0 unspecified atom stereocenters. The molecule has 0 aliphatic heterocycles. The topological polar surface area (TPSA) is 59.9 Å². The SMILES string of the molecule is COc1cccc(CCCNc2nc(-c3ccncc3)nc3sc4c(c23)CCCC4)c1. The maximum absolute atomic E-state index is 5.34. The molecule has 158 valence electrons. The van der Waals surface area contributed by atoms with Gasteiger partial charge < -0.3 is 10.1 Å². The molecule has 1 aliphatic rings. The lowest BCUT2D eigenvalue weighted by molar-refractivity contribution is 0.414. The van der Waals surface area contributed by atoms with Crippen molar-refractivity contribution in [1.82, 2.24) is 15.0 Å². The number of nitrogens with one attached hydrogen (secondary N) is 1. The van der Waals surface area contributed by atoms with Gasteiger partial charge in [0.05, 0.1) is 12.5 Å². The van der Waals surface area contributed by atoms with Crippen LogP contribution in [0.2, 0.25) is 0 Å². The van der Waals surface area contributed by atoms with E-state index < -0.39 is 0 Å². The second kappa shape index (κ2) is 9.02. The fourth-order valence-corrected chi connectivity index (χ4v) is 5.50. The van der Waals surface area contributed by atoms with E-state index in [9.17, 15) is 0 Å². The number of nitrogens with zero attached hydrogens (tertiary/aromatic N) is 3. The molecule has 0 atom stereocenters. The van der Waals surface area contributed by atoms with Gasteiger partial charge in [-0.05, 0) is 73.9 Å². The molecule has 1 aliphatic carbocycles. The highest BCUT2D eigenvalue weighted by Crippen LogP contribution is 2.39. The molecule has 0 amide bonds. The number of ether oxygens (including phenoxy) is 1. The summed E-state index contributed by atoms with van der Waals surface area (Å²) in [4.78, 5) is 16.6. The predicted molar refractivity (Wildman–Crippen MR) is 127 cm³/mol. The number of anilines is 1. The highest BCUT2D eigenvalue weighted by molar-refractivity contribution is 7.19. The molecule has 3 heterocycles. The van der Waals surface area contributed by atoms with Crippen LogP contribution in [0.3, 0.4) is 0 Å². The monoisotopic (exact) mass is 430 g/mol. The Morgan fingerprint density at radius 2 is 1.94 bits per heavy atom. The fourth-order valence-electron chi connectivity index (χ4n) is 4.24. The van der Waals surface area contributed by atoms with Gasteiger partial charge >= 0.3 is 0 Å². The summed E-state index contributed by atoms with van der Waals surface area (Å²) < 4.78 is 5.34. The van der Waals surface area contributed by atoms with Gasteiger partial charge in [0.2, 0.25) is 0 Å². The van der Waals surface area contributed by atoms with Crippen molar-refractivity contribution in [2.24, 2.45) is 0 Å². The normalized spacial score (nSPS) is 13.2. The number of fused-ring (bicyclic) bond motifs is 3. The summed E-state index contributed by atoms with van der Waals surface area (Å²) in [6, 6.07) is 12.2. The maximum Gasteiger partial charge on any atom is 0.163 e. The number of methoxy groups -OCH3 is 1. The largest absolute Gasteiger partial charge is 0.497 e. The molecule has 0 saturated carbocycles. The van der Waals surface area contributed by atoms with Crippen LogP contribution in [0.15, 0.2) is 48.8 Å². The summed E-state index contributed by atoms with van der Waals surface area (Å²) in [5.74, 6) is 2.65. The first-order valence-corrected chi connectivity index (χ1v) is 11.7. The van der Waals surface area contributed by atoms with Crippen LogP contribution >= 0.6 is 11.3 Å². The van der Waals surface area contributed by atoms with Crippen molar-refractivity contribution in [2.45, 2.75) is 38.5 Å². The summed E-state index contributed by atoms with van der Waals surface area (Å²) in [6.07, 6.45) is 10.4. The molecule has 1 aromatic carbocycles. The zero-order valence-corrected chi connectivity index (χ0v) is 18.5. The minimum atomic E-state index is 0.767. The molecule has 0 radical (unpaired) electrons. The van der Waals surface area contributed by atoms with Gasteiger partial charge in [-0.25, -0.2) is 9.97 Å². The van der Waals surface area contributed by atoms with Crippen LogP contribution < -0.4 is 10.1 Å². The van der Waals surface area contributed by atoms with Crippen molar-refractivity contribution < 1.29 is 4.74 Å². The van der Waals surface area contributed by atoms with E-state index >= 15 is 0 Å². The molecule has 5 nitrogen and oxygen atoms in total. The van der Waals surface area contributed by atoms with E-state index in [-0.39, 0.29) is 0 Å². The Bertz CT molecular complexity index is 1190. The van der Waals surface area contributed by atoms with Crippen LogP contribution in [0.5, 0.6) is 5.75 Å². The quantitative estimate of drug-likeness (QED) is 0.382. The standard InChI is InChI=1S/C25H26N4OS/c1-30-19-8-4-6-17(16-19)7-5-13-27-24-22-20-9-2-3-10-21(20)31-25(22)29-23(28-24)18-11-14-26-15-12-18/h4,6,8,11-12,14-16H,2-3,5,7,9-10,13H2,1H3,(H,27,28,29). The number of benzene rings is 1. The van der Waals surface area contributed by atoms with Gasteiger partial charge in [0, 0.05) is 29.4 Å². The zero-order chi connectivity index (χ0) is 21.0. The first-order valence-electron chi connectivity index (χ1n) is 10.9. The van der Waals surface area contributed by atoms with Crippen LogP contribution in [0.25, 0.3) is 21.6 Å². The highest BCUT2D eigenvalue weighted by atomic mass is 32.1. The van der Waals surface area contributed by atoms with Gasteiger partial charge in [-0.15, -0.1) is 11.3 Å². The second-order valence-electron chi connectivity index (χ2n) is 7.90. The molecular weight excluding hydrogens is 404 g/mol. The average Bonchev–Trinajstić information content (AvgIpc) is 3.21. The minimum Gasteiger partial charge on any atom is -0.497 e. The Morgan fingerprint density at radius 3 is 2.81 bits per heavy atom. The summed E-state index contributed by atoms with van der Waals surface area (Å²) in [6.45, 7) is 0.865. The molecule has 0 fully saturated rings. The van der Waals surface area contributed by atoms with Gasteiger partial charge in [-0.1, -0.05) is 12.1 Å². The lowest BCUT2D eigenvalue weighted by atomic mass is 9.97. The zero-order valence-electron chi connectivity index (χ0n) is 17.7. The number of aryl methyl sites for hydroxylation is 3. The average molecular weight is 431 g/mol. The van der Waals surface area contributed by atoms with Crippen LogP contribution in [-0.2, 0) is 19.3 Å². The van der Waals surface area contributed by atoms with Gasteiger partial charge in [0.15, 0.2) is 5.82 Å². The number of thiophene rings is 1. The van der Waals surface area contributed by atoms with Gasteiger partial charge in [0.1, 0.15) is 16.4 Å². The van der Waals surface area contributed by atoms with Crippen LogP contribution in [0, 0.1) is 0 Å². The van der Waals surface area contributed by atoms with E-state index in [2.05, 4.69) is 22.4 Å². The Morgan fingerprint density at radius 1 is 1.06 bits per heavy atom. The Balaban J connectivity index is 1.41. The molecule has 3 aromatic heterocycles. The van der Waals surface area contributed by atoms with Crippen LogP contribution in [0.1, 0.15) is 35.3 Å². The number of hydrogen-bond donors (Lipinski definition) is 1. The third-order valence-electron chi connectivity index (χ3n) is 5.82. The van der Waals surface area contributed by atoms with Crippen molar-refractivity contribution in [3.8, 4) is 17.1 Å².